The summed E-state index contributed by atoms with van der Waals surface area (Å²) in [6, 6.07) is 0.412. The van der Waals surface area contributed by atoms with Gasteiger partial charge >= 0.3 is 0 Å². The minimum Gasteiger partial charge on any atom is -0.376 e. The van der Waals surface area contributed by atoms with E-state index in [1.165, 1.54) is 0 Å². The summed E-state index contributed by atoms with van der Waals surface area (Å²) < 4.78 is 7.54. The summed E-state index contributed by atoms with van der Waals surface area (Å²) in [5, 5.41) is 4.45. The van der Waals surface area contributed by atoms with Crippen molar-refractivity contribution >= 4 is 5.82 Å². The molecular formula is C12H22N4O. The highest BCUT2D eigenvalue weighted by atomic mass is 16.5. The molecular weight excluding hydrogens is 216 g/mol. The normalized spacial score (nSPS) is 24.3. The minimum absolute atomic E-state index is 0.265. The number of nitrogens with two attached hydrogens (primary N) is 1. The molecule has 0 amide bonds. The lowest BCUT2D eigenvalue weighted by Gasteiger charge is -2.29. The average molecular weight is 238 g/mol. The Morgan fingerprint density at radius 2 is 2.29 bits per heavy atom. The molecule has 96 valence electrons. The Morgan fingerprint density at radius 3 is 2.82 bits per heavy atom. The van der Waals surface area contributed by atoms with Crippen molar-refractivity contribution in [1.82, 2.24) is 9.78 Å². The van der Waals surface area contributed by atoms with E-state index in [-0.39, 0.29) is 6.10 Å². The Hall–Kier alpha value is -1.07. The van der Waals surface area contributed by atoms with Crippen LogP contribution in [0.2, 0.25) is 0 Å². The minimum atomic E-state index is 0.265. The van der Waals surface area contributed by atoms with E-state index in [1.54, 1.807) is 0 Å². The summed E-state index contributed by atoms with van der Waals surface area (Å²) in [6.45, 7) is 5.50. The predicted molar refractivity (Wildman–Crippen MR) is 68.1 cm³/mol. The molecule has 1 aliphatic rings. The van der Waals surface area contributed by atoms with Crippen LogP contribution in [0.25, 0.3) is 0 Å². The number of aromatic nitrogens is 2. The Bertz CT molecular complexity index is 401. The molecule has 0 aliphatic carbocycles. The van der Waals surface area contributed by atoms with Crippen LogP contribution in [-0.2, 0) is 18.3 Å². The van der Waals surface area contributed by atoms with Crippen molar-refractivity contribution in [3.05, 3.63) is 11.3 Å². The van der Waals surface area contributed by atoms with Gasteiger partial charge < -0.3 is 15.4 Å². The van der Waals surface area contributed by atoms with E-state index in [0.29, 0.717) is 12.6 Å². The first-order valence-corrected chi connectivity index (χ1v) is 6.13. The van der Waals surface area contributed by atoms with Crippen LogP contribution in [0.3, 0.4) is 0 Å². The van der Waals surface area contributed by atoms with Crippen molar-refractivity contribution in [2.24, 2.45) is 12.8 Å². The predicted octanol–water partition coefficient (Wildman–Crippen LogP) is 0.801. The van der Waals surface area contributed by atoms with Gasteiger partial charge in [0.2, 0.25) is 0 Å². The smallest absolute Gasteiger partial charge is 0.131 e. The van der Waals surface area contributed by atoms with Crippen molar-refractivity contribution < 1.29 is 4.74 Å². The highest BCUT2D eigenvalue weighted by molar-refractivity contribution is 5.50. The maximum Gasteiger partial charge on any atom is 0.131 e. The summed E-state index contributed by atoms with van der Waals surface area (Å²) in [7, 11) is 4.07. The Kier molecular flexibility index (Phi) is 3.40. The van der Waals surface area contributed by atoms with Gasteiger partial charge in [0.05, 0.1) is 17.8 Å². The van der Waals surface area contributed by atoms with Crippen LogP contribution in [0.15, 0.2) is 0 Å². The number of nitrogens with zero attached hydrogens (tertiary/aromatic N) is 3. The molecule has 2 N–H and O–H groups in total. The first kappa shape index (κ1) is 12.4. The summed E-state index contributed by atoms with van der Waals surface area (Å²) in [5.74, 6) is 1.12. The lowest BCUT2D eigenvalue weighted by atomic mass is 10.1. The molecule has 0 spiro atoms. The molecule has 1 aliphatic heterocycles. The summed E-state index contributed by atoms with van der Waals surface area (Å²) in [4.78, 5) is 2.26. The molecule has 0 radical (unpaired) electrons. The number of hydrogen-bond acceptors (Lipinski definition) is 4. The van der Waals surface area contributed by atoms with Crippen molar-refractivity contribution in [2.45, 2.75) is 39.0 Å². The lowest BCUT2D eigenvalue weighted by molar-refractivity contribution is 0.118. The number of hydrogen-bond donors (Lipinski definition) is 1. The monoisotopic (exact) mass is 238 g/mol. The topological polar surface area (TPSA) is 56.3 Å². The zero-order valence-electron chi connectivity index (χ0n) is 11.1. The van der Waals surface area contributed by atoms with Crippen LogP contribution in [0.5, 0.6) is 0 Å². The van der Waals surface area contributed by atoms with Gasteiger partial charge in [-0.25, -0.2) is 0 Å². The SMILES string of the molecule is Cc1nn(C)c(N(C)C2CCOC2C)c1CN. The van der Waals surface area contributed by atoms with Gasteiger partial charge in [0, 0.05) is 32.8 Å². The summed E-state index contributed by atoms with van der Waals surface area (Å²) in [5.41, 5.74) is 7.98. The third-order valence-electron chi connectivity index (χ3n) is 3.69. The van der Waals surface area contributed by atoms with Gasteiger partial charge in [0.15, 0.2) is 0 Å². The molecule has 2 unspecified atom stereocenters. The van der Waals surface area contributed by atoms with E-state index in [2.05, 4.69) is 24.0 Å². The Labute approximate surface area is 103 Å². The van der Waals surface area contributed by atoms with E-state index < -0.39 is 0 Å². The Balaban J connectivity index is 2.32. The van der Waals surface area contributed by atoms with Gasteiger partial charge in [-0.2, -0.15) is 5.10 Å². The molecule has 1 aromatic heterocycles. The summed E-state index contributed by atoms with van der Waals surface area (Å²) in [6.07, 6.45) is 1.33. The molecule has 0 aromatic carbocycles. The fourth-order valence-electron chi connectivity index (χ4n) is 2.76. The van der Waals surface area contributed by atoms with E-state index in [0.717, 1.165) is 30.1 Å². The van der Waals surface area contributed by atoms with Crippen molar-refractivity contribution in [2.75, 3.05) is 18.6 Å². The van der Waals surface area contributed by atoms with Gasteiger partial charge in [-0.1, -0.05) is 0 Å². The molecule has 0 saturated carbocycles. The lowest BCUT2D eigenvalue weighted by Crippen LogP contribution is -2.38. The zero-order chi connectivity index (χ0) is 12.6. The van der Waals surface area contributed by atoms with Crippen molar-refractivity contribution in [3.8, 4) is 0 Å². The molecule has 2 rings (SSSR count). The Morgan fingerprint density at radius 1 is 1.59 bits per heavy atom. The fourth-order valence-corrected chi connectivity index (χ4v) is 2.76. The van der Waals surface area contributed by atoms with Crippen molar-refractivity contribution in [1.29, 1.82) is 0 Å². The van der Waals surface area contributed by atoms with Gasteiger partial charge in [-0.3, -0.25) is 4.68 Å². The first-order chi connectivity index (χ1) is 8.06. The van der Waals surface area contributed by atoms with Crippen molar-refractivity contribution in [3.63, 3.8) is 0 Å². The fraction of sp³-hybridized carbons (Fsp3) is 0.750. The molecule has 2 heterocycles. The molecule has 1 fully saturated rings. The molecule has 1 aromatic rings. The molecule has 0 bridgehead atoms. The van der Waals surface area contributed by atoms with Crippen LogP contribution < -0.4 is 10.6 Å². The average Bonchev–Trinajstić information content (AvgIpc) is 2.81. The largest absolute Gasteiger partial charge is 0.376 e. The van der Waals surface area contributed by atoms with E-state index in [1.807, 2.05) is 18.7 Å². The zero-order valence-corrected chi connectivity index (χ0v) is 11.1. The number of anilines is 1. The quantitative estimate of drug-likeness (QED) is 0.846. The summed E-state index contributed by atoms with van der Waals surface area (Å²) >= 11 is 0. The first-order valence-electron chi connectivity index (χ1n) is 6.13. The highest BCUT2D eigenvalue weighted by Crippen LogP contribution is 2.28. The molecule has 2 atom stereocenters. The molecule has 5 nitrogen and oxygen atoms in total. The van der Waals surface area contributed by atoms with Gasteiger partial charge in [0.25, 0.3) is 0 Å². The second-order valence-corrected chi connectivity index (χ2v) is 4.76. The van der Waals surface area contributed by atoms with Crippen LogP contribution >= 0.6 is 0 Å². The van der Waals surface area contributed by atoms with Crippen LogP contribution in [0, 0.1) is 6.92 Å². The van der Waals surface area contributed by atoms with Crippen LogP contribution in [0.1, 0.15) is 24.6 Å². The van der Waals surface area contributed by atoms with E-state index >= 15 is 0 Å². The third kappa shape index (κ3) is 2.05. The number of likely N-dealkylation sites (N-methyl/N-ethyl adjacent to an activating group) is 1. The molecule has 5 heteroatoms. The van der Waals surface area contributed by atoms with Gasteiger partial charge in [0.1, 0.15) is 5.82 Å². The standard InChI is InChI=1S/C12H22N4O/c1-8-10(7-13)12(16(4)14-8)15(3)11-5-6-17-9(11)2/h9,11H,5-7,13H2,1-4H3. The third-order valence-corrected chi connectivity index (χ3v) is 3.69. The van der Waals surface area contributed by atoms with Gasteiger partial charge in [-0.15, -0.1) is 0 Å². The maximum absolute atomic E-state index is 5.82. The van der Waals surface area contributed by atoms with Gasteiger partial charge in [-0.05, 0) is 20.3 Å². The number of ether oxygens (including phenoxy) is 1. The number of rotatable bonds is 3. The number of aryl methyl sites for hydroxylation is 2. The van der Waals surface area contributed by atoms with E-state index in [9.17, 15) is 0 Å². The second-order valence-electron chi connectivity index (χ2n) is 4.76. The van der Waals surface area contributed by atoms with Crippen LogP contribution in [-0.4, -0.2) is 35.6 Å². The maximum atomic E-state index is 5.82. The molecule has 1 saturated heterocycles. The second kappa shape index (κ2) is 4.66. The highest BCUT2D eigenvalue weighted by Gasteiger charge is 2.30. The van der Waals surface area contributed by atoms with Crippen LogP contribution in [0.4, 0.5) is 5.82 Å². The van der Waals surface area contributed by atoms with E-state index in [4.69, 9.17) is 10.5 Å². The molecule has 17 heavy (non-hydrogen) atoms.